The predicted octanol–water partition coefficient (Wildman–Crippen LogP) is 3.41. The van der Waals surface area contributed by atoms with E-state index in [-0.39, 0.29) is 18.9 Å². The molecular formula is C16H15N5O3S2. The van der Waals surface area contributed by atoms with Crippen molar-refractivity contribution >= 4 is 44.9 Å². The number of nitrogens with zero attached hydrogens (tertiary/aromatic N) is 3. The van der Waals surface area contributed by atoms with Gasteiger partial charge in [-0.25, -0.2) is 14.8 Å². The first-order valence-electron chi connectivity index (χ1n) is 7.68. The van der Waals surface area contributed by atoms with Crippen LogP contribution in [0.5, 0.6) is 0 Å². The van der Waals surface area contributed by atoms with Crippen LogP contribution in [0.1, 0.15) is 12.6 Å². The first-order chi connectivity index (χ1) is 12.6. The molecule has 2 amide bonds. The van der Waals surface area contributed by atoms with Gasteiger partial charge >= 0.3 is 6.09 Å². The minimum absolute atomic E-state index is 0.0861. The highest BCUT2D eigenvalue weighted by molar-refractivity contribution is 7.14. The molecular weight excluding hydrogens is 374 g/mol. The molecule has 8 nitrogen and oxygen atoms in total. The molecule has 0 spiro atoms. The number of hydrogen-bond donors (Lipinski definition) is 2. The third-order valence-corrected chi connectivity index (χ3v) is 4.65. The number of carbonyl (C=O) groups is 2. The Bertz CT molecular complexity index is 894. The van der Waals surface area contributed by atoms with Crippen LogP contribution in [0.25, 0.3) is 11.3 Å². The number of carbonyl (C=O) groups excluding carboxylic acids is 2. The van der Waals surface area contributed by atoms with E-state index in [4.69, 9.17) is 4.74 Å². The number of pyridine rings is 1. The Labute approximate surface area is 157 Å². The van der Waals surface area contributed by atoms with Crippen molar-refractivity contribution in [1.82, 2.24) is 15.0 Å². The summed E-state index contributed by atoms with van der Waals surface area (Å²) >= 11 is 2.57. The first kappa shape index (κ1) is 18.0. The fourth-order valence-corrected chi connectivity index (χ4v) is 3.44. The second kappa shape index (κ2) is 8.50. The maximum Gasteiger partial charge on any atom is 0.413 e. The lowest BCUT2D eigenvalue weighted by Crippen LogP contribution is -2.15. The highest BCUT2D eigenvalue weighted by atomic mass is 32.1. The number of amides is 2. The zero-order valence-electron chi connectivity index (χ0n) is 13.8. The van der Waals surface area contributed by atoms with E-state index in [2.05, 4.69) is 25.6 Å². The minimum atomic E-state index is -0.566. The lowest BCUT2D eigenvalue weighted by atomic mass is 10.2. The summed E-state index contributed by atoms with van der Waals surface area (Å²) in [5, 5.41) is 9.72. The Morgan fingerprint density at radius 3 is 2.73 bits per heavy atom. The molecule has 0 atom stereocenters. The number of ether oxygens (including phenoxy) is 1. The quantitative estimate of drug-likeness (QED) is 0.669. The van der Waals surface area contributed by atoms with E-state index in [1.807, 2.05) is 17.5 Å². The van der Waals surface area contributed by atoms with Gasteiger partial charge in [0, 0.05) is 28.7 Å². The van der Waals surface area contributed by atoms with Crippen LogP contribution < -0.4 is 10.6 Å². The van der Waals surface area contributed by atoms with Crippen molar-refractivity contribution in [3.8, 4) is 11.3 Å². The second-order valence-corrected chi connectivity index (χ2v) is 6.71. The minimum Gasteiger partial charge on any atom is -0.450 e. The number of nitrogens with one attached hydrogen (secondary N) is 2. The van der Waals surface area contributed by atoms with Crippen LogP contribution in [-0.2, 0) is 16.0 Å². The van der Waals surface area contributed by atoms with Crippen LogP contribution in [-0.4, -0.2) is 33.6 Å². The van der Waals surface area contributed by atoms with E-state index in [0.29, 0.717) is 16.0 Å². The van der Waals surface area contributed by atoms with Gasteiger partial charge in [-0.3, -0.25) is 15.1 Å². The zero-order chi connectivity index (χ0) is 18.4. The van der Waals surface area contributed by atoms with Gasteiger partial charge in [-0.15, -0.1) is 22.7 Å². The van der Waals surface area contributed by atoms with Crippen molar-refractivity contribution < 1.29 is 14.3 Å². The summed E-state index contributed by atoms with van der Waals surface area (Å²) < 4.78 is 4.78. The summed E-state index contributed by atoms with van der Waals surface area (Å²) in [6.07, 6.45) is 2.93. The molecule has 134 valence electrons. The largest absolute Gasteiger partial charge is 0.450 e. The number of hydrogen-bond acceptors (Lipinski definition) is 8. The SMILES string of the molecule is CCOC(=O)Nc1nc(CC(=O)Nc2nc(-c3cccnc3)cs2)cs1. The van der Waals surface area contributed by atoms with E-state index >= 15 is 0 Å². The van der Waals surface area contributed by atoms with Gasteiger partial charge < -0.3 is 10.1 Å². The molecule has 26 heavy (non-hydrogen) atoms. The van der Waals surface area contributed by atoms with Gasteiger partial charge in [0.1, 0.15) is 0 Å². The summed E-state index contributed by atoms with van der Waals surface area (Å²) in [5.41, 5.74) is 2.20. The van der Waals surface area contributed by atoms with Crippen molar-refractivity contribution in [2.45, 2.75) is 13.3 Å². The molecule has 3 aromatic rings. The molecule has 10 heteroatoms. The average molecular weight is 389 g/mol. The number of aromatic nitrogens is 3. The fourth-order valence-electron chi connectivity index (χ4n) is 2.01. The summed E-state index contributed by atoms with van der Waals surface area (Å²) in [6.45, 7) is 2.00. The van der Waals surface area contributed by atoms with Crippen molar-refractivity contribution in [1.29, 1.82) is 0 Å². The van der Waals surface area contributed by atoms with Gasteiger partial charge in [-0.2, -0.15) is 0 Å². The Morgan fingerprint density at radius 1 is 1.15 bits per heavy atom. The molecule has 0 fully saturated rings. The summed E-state index contributed by atoms with van der Waals surface area (Å²) in [4.78, 5) is 36.1. The van der Waals surface area contributed by atoms with E-state index < -0.39 is 6.09 Å². The van der Waals surface area contributed by atoms with Crippen LogP contribution in [0.4, 0.5) is 15.1 Å². The van der Waals surface area contributed by atoms with Crippen molar-refractivity contribution in [3.63, 3.8) is 0 Å². The number of rotatable bonds is 6. The van der Waals surface area contributed by atoms with Gasteiger partial charge in [0.15, 0.2) is 10.3 Å². The lowest BCUT2D eigenvalue weighted by Gasteiger charge is -2.01. The molecule has 3 aromatic heterocycles. The highest BCUT2D eigenvalue weighted by Crippen LogP contribution is 2.24. The fraction of sp³-hybridized carbons (Fsp3) is 0.188. The Hall–Kier alpha value is -2.85. The maximum absolute atomic E-state index is 12.2. The molecule has 0 saturated heterocycles. The molecule has 3 rings (SSSR count). The van der Waals surface area contributed by atoms with Crippen LogP contribution in [0, 0.1) is 0 Å². The Kier molecular flexibility index (Phi) is 5.87. The molecule has 0 aliphatic rings. The van der Waals surface area contributed by atoms with Gasteiger partial charge in [0.05, 0.1) is 24.4 Å². The molecule has 3 heterocycles. The second-order valence-electron chi connectivity index (χ2n) is 4.99. The van der Waals surface area contributed by atoms with Gasteiger partial charge in [0.2, 0.25) is 5.91 Å². The van der Waals surface area contributed by atoms with Gasteiger partial charge in [-0.05, 0) is 19.1 Å². The summed E-state index contributed by atoms with van der Waals surface area (Å²) in [5.74, 6) is -0.231. The normalized spacial score (nSPS) is 10.3. The third kappa shape index (κ3) is 4.83. The van der Waals surface area contributed by atoms with Crippen LogP contribution in [0.3, 0.4) is 0 Å². The molecule has 0 unspecified atom stereocenters. The maximum atomic E-state index is 12.2. The molecule has 0 aliphatic carbocycles. The van der Waals surface area contributed by atoms with Gasteiger partial charge in [0.25, 0.3) is 0 Å². The van der Waals surface area contributed by atoms with Gasteiger partial charge in [-0.1, -0.05) is 0 Å². The van der Waals surface area contributed by atoms with E-state index in [0.717, 1.165) is 11.3 Å². The van der Waals surface area contributed by atoms with E-state index in [1.54, 1.807) is 24.7 Å². The van der Waals surface area contributed by atoms with Crippen LogP contribution in [0.15, 0.2) is 35.3 Å². The highest BCUT2D eigenvalue weighted by Gasteiger charge is 2.12. The summed E-state index contributed by atoms with van der Waals surface area (Å²) in [6, 6.07) is 3.73. The molecule has 0 saturated carbocycles. The smallest absolute Gasteiger partial charge is 0.413 e. The van der Waals surface area contributed by atoms with Crippen molar-refractivity contribution in [2.75, 3.05) is 17.2 Å². The van der Waals surface area contributed by atoms with Crippen LogP contribution >= 0.6 is 22.7 Å². The topological polar surface area (TPSA) is 106 Å². The third-order valence-electron chi connectivity index (χ3n) is 3.09. The first-order valence-corrected chi connectivity index (χ1v) is 9.44. The van der Waals surface area contributed by atoms with Crippen LogP contribution in [0.2, 0.25) is 0 Å². The Morgan fingerprint density at radius 2 is 1.96 bits per heavy atom. The monoisotopic (exact) mass is 389 g/mol. The van der Waals surface area contributed by atoms with Crippen molar-refractivity contribution in [2.24, 2.45) is 0 Å². The number of thiazole rings is 2. The molecule has 0 radical (unpaired) electrons. The number of anilines is 2. The lowest BCUT2D eigenvalue weighted by molar-refractivity contribution is -0.115. The average Bonchev–Trinajstić information content (AvgIpc) is 3.25. The molecule has 2 N–H and O–H groups in total. The standard InChI is InChI=1S/C16H15N5O3S2/c1-2-24-16(23)21-14-18-11(8-25-14)6-13(22)20-15-19-12(9-26-15)10-4-3-5-17-7-10/h3-5,7-9H,2,6H2,1H3,(H,18,21,23)(H,19,20,22). The summed E-state index contributed by atoms with van der Waals surface area (Å²) in [7, 11) is 0. The van der Waals surface area contributed by atoms with E-state index in [9.17, 15) is 9.59 Å². The zero-order valence-corrected chi connectivity index (χ0v) is 15.4. The molecule has 0 bridgehead atoms. The molecule has 0 aliphatic heterocycles. The predicted molar refractivity (Wildman–Crippen MR) is 100 cm³/mol. The van der Waals surface area contributed by atoms with Crippen molar-refractivity contribution in [3.05, 3.63) is 41.0 Å². The molecule has 0 aromatic carbocycles. The Balaban J connectivity index is 1.55. The van der Waals surface area contributed by atoms with E-state index in [1.165, 1.54) is 22.7 Å².